The quantitative estimate of drug-likeness (QED) is 0.770. The number of hydrogen-bond donors (Lipinski definition) is 1. The van der Waals surface area contributed by atoms with E-state index < -0.39 is 0 Å². The second-order valence-electron chi connectivity index (χ2n) is 7.12. The van der Waals surface area contributed by atoms with Gasteiger partial charge in [-0.15, -0.1) is 0 Å². The van der Waals surface area contributed by atoms with E-state index in [1.807, 2.05) is 23.1 Å². The standard InChI is InChI=1S/C20H28N4O2/c1-15(2)24-14-17(13-23-24)16-8-9-21-19(12-16)20(25)22-10-11-26-18-6-4-3-5-7-18/h8-9,12-15,18H,3-7,10-11H2,1-2H3,(H,22,25). The summed E-state index contributed by atoms with van der Waals surface area (Å²) in [5, 5.41) is 7.24. The molecule has 1 amide bonds. The fourth-order valence-corrected chi connectivity index (χ4v) is 3.22. The predicted molar refractivity (Wildman–Crippen MR) is 101 cm³/mol. The van der Waals surface area contributed by atoms with Crippen LogP contribution in [0.15, 0.2) is 30.7 Å². The molecule has 0 unspecified atom stereocenters. The van der Waals surface area contributed by atoms with Crippen LogP contribution in [0.3, 0.4) is 0 Å². The number of amides is 1. The van der Waals surface area contributed by atoms with Crippen molar-refractivity contribution in [2.45, 2.75) is 58.1 Å². The lowest BCUT2D eigenvalue weighted by atomic mass is 9.98. The first-order chi connectivity index (χ1) is 12.6. The highest BCUT2D eigenvalue weighted by Gasteiger charge is 2.14. The summed E-state index contributed by atoms with van der Waals surface area (Å²) in [5.74, 6) is -0.171. The Morgan fingerprint density at radius 1 is 1.31 bits per heavy atom. The Kier molecular flexibility index (Phi) is 6.39. The van der Waals surface area contributed by atoms with E-state index in [2.05, 4.69) is 29.2 Å². The summed E-state index contributed by atoms with van der Waals surface area (Å²) in [4.78, 5) is 16.5. The summed E-state index contributed by atoms with van der Waals surface area (Å²) < 4.78 is 7.74. The van der Waals surface area contributed by atoms with Crippen molar-refractivity contribution in [3.63, 3.8) is 0 Å². The zero-order valence-corrected chi connectivity index (χ0v) is 15.6. The minimum absolute atomic E-state index is 0.171. The Morgan fingerprint density at radius 2 is 2.12 bits per heavy atom. The van der Waals surface area contributed by atoms with E-state index in [4.69, 9.17) is 4.74 Å². The van der Waals surface area contributed by atoms with Crippen molar-refractivity contribution >= 4 is 5.91 Å². The third-order valence-corrected chi connectivity index (χ3v) is 4.75. The van der Waals surface area contributed by atoms with E-state index >= 15 is 0 Å². The van der Waals surface area contributed by atoms with Gasteiger partial charge in [0, 0.05) is 30.5 Å². The van der Waals surface area contributed by atoms with Gasteiger partial charge in [0.25, 0.3) is 5.91 Å². The van der Waals surface area contributed by atoms with E-state index in [-0.39, 0.29) is 5.91 Å². The minimum atomic E-state index is -0.171. The third kappa shape index (κ3) is 4.91. The van der Waals surface area contributed by atoms with Crippen LogP contribution in [0.25, 0.3) is 11.1 Å². The topological polar surface area (TPSA) is 69.0 Å². The summed E-state index contributed by atoms with van der Waals surface area (Å²) in [7, 11) is 0. The Hall–Kier alpha value is -2.21. The Bertz CT molecular complexity index is 720. The highest BCUT2D eigenvalue weighted by molar-refractivity contribution is 5.93. The molecule has 0 saturated heterocycles. The lowest BCUT2D eigenvalue weighted by Gasteiger charge is -2.21. The number of pyridine rings is 1. The average molecular weight is 356 g/mol. The maximum atomic E-state index is 12.3. The van der Waals surface area contributed by atoms with E-state index in [9.17, 15) is 4.79 Å². The largest absolute Gasteiger partial charge is 0.376 e. The molecular formula is C20H28N4O2. The van der Waals surface area contributed by atoms with Gasteiger partial charge in [-0.05, 0) is 44.4 Å². The second-order valence-corrected chi connectivity index (χ2v) is 7.12. The molecule has 0 radical (unpaired) electrons. The zero-order valence-electron chi connectivity index (χ0n) is 15.6. The molecule has 6 heteroatoms. The molecule has 26 heavy (non-hydrogen) atoms. The SMILES string of the molecule is CC(C)n1cc(-c2ccnc(C(=O)NCCOC3CCCCC3)c2)cn1. The molecule has 0 aromatic carbocycles. The number of hydrogen-bond acceptors (Lipinski definition) is 4. The molecule has 0 aliphatic heterocycles. The lowest BCUT2D eigenvalue weighted by molar-refractivity contribution is 0.0299. The first-order valence-corrected chi connectivity index (χ1v) is 9.54. The van der Waals surface area contributed by atoms with Gasteiger partial charge in [-0.25, -0.2) is 0 Å². The summed E-state index contributed by atoms with van der Waals surface area (Å²) in [6.45, 7) is 5.22. The van der Waals surface area contributed by atoms with Gasteiger partial charge >= 0.3 is 0 Å². The van der Waals surface area contributed by atoms with Crippen LogP contribution >= 0.6 is 0 Å². The first kappa shape index (κ1) is 18.6. The van der Waals surface area contributed by atoms with Crippen LogP contribution in [0, 0.1) is 0 Å². The summed E-state index contributed by atoms with van der Waals surface area (Å²) in [5.41, 5.74) is 2.34. The number of carbonyl (C=O) groups is 1. The van der Waals surface area contributed by atoms with Crippen molar-refractivity contribution in [1.82, 2.24) is 20.1 Å². The average Bonchev–Trinajstić information content (AvgIpc) is 3.17. The number of nitrogens with zero attached hydrogens (tertiary/aromatic N) is 3. The molecule has 0 spiro atoms. The van der Waals surface area contributed by atoms with Gasteiger partial charge in [-0.1, -0.05) is 19.3 Å². The highest BCUT2D eigenvalue weighted by Crippen LogP contribution is 2.21. The molecule has 6 nitrogen and oxygen atoms in total. The van der Waals surface area contributed by atoms with Gasteiger partial charge in [0.1, 0.15) is 5.69 Å². The molecule has 1 N–H and O–H groups in total. The van der Waals surface area contributed by atoms with Crippen molar-refractivity contribution in [3.8, 4) is 11.1 Å². The maximum absolute atomic E-state index is 12.3. The molecule has 1 aliphatic rings. The van der Waals surface area contributed by atoms with E-state index in [0.29, 0.717) is 31.0 Å². The van der Waals surface area contributed by atoms with Crippen LogP contribution in [0.1, 0.15) is 62.5 Å². The number of nitrogens with one attached hydrogen (secondary N) is 1. The molecule has 1 saturated carbocycles. The van der Waals surface area contributed by atoms with Gasteiger partial charge in [0.2, 0.25) is 0 Å². The summed E-state index contributed by atoms with van der Waals surface area (Å²) >= 11 is 0. The third-order valence-electron chi connectivity index (χ3n) is 4.75. The van der Waals surface area contributed by atoms with Gasteiger partial charge in [-0.2, -0.15) is 5.10 Å². The monoisotopic (exact) mass is 356 g/mol. The van der Waals surface area contributed by atoms with Crippen LogP contribution in [0.4, 0.5) is 0 Å². The minimum Gasteiger partial charge on any atom is -0.376 e. The maximum Gasteiger partial charge on any atom is 0.269 e. The fourth-order valence-electron chi connectivity index (χ4n) is 3.22. The molecular weight excluding hydrogens is 328 g/mol. The van der Waals surface area contributed by atoms with Crippen molar-refractivity contribution in [2.24, 2.45) is 0 Å². The molecule has 1 aliphatic carbocycles. The molecule has 0 bridgehead atoms. The molecule has 2 aromatic heterocycles. The normalized spacial score (nSPS) is 15.3. The Labute approximate surface area is 155 Å². The Balaban J connectivity index is 1.52. The van der Waals surface area contributed by atoms with Gasteiger partial charge < -0.3 is 10.1 Å². The molecule has 0 atom stereocenters. The fraction of sp³-hybridized carbons (Fsp3) is 0.550. The van der Waals surface area contributed by atoms with Gasteiger partial charge in [0.15, 0.2) is 0 Å². The van der Waals surface area contributed by atoms with Crippen LogP contribution in [-0.4, -0.2) is 39.9 Å². The molecule has 1 fully saturated rings. The van der Waals surface area contributed by atoms with E-state index in [0.717, 1.165) is 24.0 Å². The molecule has 140 valence electrons. The molecule has 2 aromatic rings. The van der Waals surface area contributed by atoms with Crippen LogP contribution in [-0.2, 0) is 4.74 Å². The Morgan fingerprint density at radius 3 is 2.85 bits per heavy atom. The number of aromatic nitrogens is 3. The van der Waals surface area contributed by atoms with E-state index in [1.165, 1.54) is 19.3 Å². The number of carbonyl (C=O) groups excluding carboxylic acids is 1. The van der Waals surface area contributed by atoms with Crippen molar-refractivity contribution in [1.29, 1.82) is 0 Å². The number of ether oxygens (including phenoxy) is 1. The van der Waals surface area contributed by atoms with Gasteiger partial charge in [0.05, 0.1) is 18.9 Å². The highest BCUT2D eigenvalue weighted by atomic mass is 16.5. The smallest absolute Gasteiger partial charge is 0.269 e. The summed E-state index contributed by atoms with van der Waals surface area (Å²) in [6, 6.07) is 4.00. The van der Waals surface area contributed by atoms with Gasteiger partial charge in [-0.3, -0.25) is 14.5 Å². The van der Waals surface area contributed by atoms with Crippen molar-refractivity contribution in [2.75, 3.05) is 13.2 Å². The van der Waals surface area contributed by atoms with Crippen LogP contribution < -0.4 is 5.32 Å². The lowest BCUT2D eigenvalue weighted by Crippen LogP contribution is -2.29. The first-order valence-electron chi connectivity index (χ1n) is 9.54. The summed E-state index contributed by atoms with van der Waals surface area (Å²) in [6.07, 6.45) is 11.9. The molecule has 2 heterocycles. The number of rotatable bonds is 7. The van der Waals surface area contributed by atoms with Crippen LogP contribution in [0.2, 0.25) is 0 Å². The van der Waals surface area contributed by atoms with Crippen LogP contribution in [0.5, 0.6) is 0 Å². The second kappa shape index (κ2) is 8.94. The zero-order chi connectivity index (χ0) is 18.4. The van der Waals surface area contributed by atoms with Crippen molar-refractivity contribution < 1.29 is 9.53 Å². The van der Waals surface area contributed by atoms with Crippen molar-refractivity contribution in [3.05, 3.63) is 36.4 Å². The van der Waals surface area contributed by atoms with E-state index in [1.54, 1.807) is 12.3 Å². The molecule has 3 rings (SSSR count). The predicted octanol–water partition coefficient (Wildman–Crippen LogP) is 3.61.